The minimum absolute atomic E-state index is 0.0117. The van der Waals surface area contributed by atoms with Gasteiger partial charge in [-0.05, 0) is 61.9 Å². The number of benzene rings is 3. The van der Waals surface area contributed by atoms with Gasteiger partial charge in [0.1, 0.15) is 24.2 Å². The third-order valence-electron chi connectivity index (χ3n) is 7.01. The second-order valence-corrected chi connectivity index (χ2v) is 12.8. The number of ketones is 1. The maximum Gasteiger partial charge on any atom is 0.353 e. The van der Waals surface area contributed by atoms with E-state index in [0.717, 1.165) is 31.8 Å². The monoisotopic (exact) mass is 784 g/mol. The largest absolute Gasteiger partial charge is 0.486 e. The Balaban J connectivity index is 0.000000218. The summed E-state index contributed by atoms with van der Waals surface area (Å²) < 4.78 is 23.6. The lowest BCUT2D eigenvalue weighted by molar-refractivity contribution is -0.133. The first-order chi connectivity index (χ1) is 22.7. The lowest BCUT2D eigenvalue weighted by atomic mass is 10.1. The van der Waals surface area contributed by atoms with Crippen molar-refractivity contribution in [1.82, 2.24) is 0 Å². The standard InChI is InChI=1S/C21H22O4S.C15H11IO4S/c1-3-4-11-24-14(2)18(22)13-25-15-9-10-20-17(12-15)21(23)16-7-5-6-8-19(16)26-20;1-3-10-12(4-2)21-13-6-5-9(7-11(13)15(10)18)19-8-14(17)20-16/h5-10,12,14H,3-4,11,13H2,1-2H3;3-7H,1-2,8H2. The van der Waals surface area contributed by atoms with Gasteiger partial charge in [0.15, 0.2) is 46.3 Å². The number of Topliss-reactive ketones (excluding diaryl/α,β-unsaturated/α-hetero) is 1. The third kappa shape index (κ3) is 9.13. The minimum atomic E-state index is -0.491. The Morgan fingerprint density at radius 1 is 0.830 bits per heavy atom. The van der Waals surface area contributed by atoms with Gasteiger partial charge < -0.3 is 17.3 Å². The molecule has 2 aromatic heterocycles. The summed E-state index contributed by atoms with van der Waals surface area (Å²) in [4.78, 5) is 49.1. The summed E-state index contributed by atoms with van der Waals surface area (Å²) in [5.41, 5.74) is 0.379. The Hall–Kier alpha value is -3.91. The summed E-state index contributed by atoms with van der Waals surface area (Å²) in [5.74, 6) is 0.362. The molecule has 1 atom stereocenters. The Morgan fingerprint density at radius 2 is 1.45 bits per heavy atom. The van der Waals surface area contributed by atoms with Crippen molar-refractivity contribution in [3.8, 4) is 11.5 Å². The summed E-state index contributed by atoms with van der Waals surface area (Å²) in [6, 6.07) is 18.1. The molecule has 5 aromatic rings. The van der Waals surface area contributed by atoms with Gasteiger partial charge in [0, 0.05) is 47.3 Å². The van der Waals surface area contributed by atoms with Crippen LogP contribution in [0.1, 0.15) is 37.1 Å². The van der Waals surface area contributed by atoms with Crippen LogP contribution in [-0.4, -0.2) is 37.7 Å². The van der Waals surface area contributed by atoms with Gasteiger partial charge in [-0.25, -0.2) is 4.79 Å². The third-order valence-corrected chi connectivity index (χ3v) is 9.83. The fraction of sp³-hybridized carbons (Fsp3) is 0.222. The van der Waals surface area contributed by atoms with Crippen LogP contribution in [-0.2, 0) is 17.4 Å². The minimum Gasteiger partial charge on any atom is -0.486 e. The van der Waals surface area contributed by atoms with Crippen molar-refractivity contribution in [1.29, 1.82) is 0 Å². The van der Waals surface area contributed by atoms with Gasteiger partial charge >= 0.3 is 5.97 Å². The lowest BCUT2D eigenvalue weighted by Gasteiger charge is -2.12. The van der Waals surface area contributed by atoms with Crippen LogP contribution in [0.2, 0.25) is 0 Å². The molecule has 0 radical (unpaired) electrons. The van der Waals surface area contributed by atoms with Crippen molar-refractivity contribution in [2.24, 2.45) is 0 Å². The normalized spacial score (nSPS) is 11.4. The second-order valence-electron chi connectivity index (χ2n) is 10.2. The van der Waals surface area contributed by atoms with Crippen molar-refractivity contribution in [3.63, 3.8) is 0 Å². The maximum atomic E-state index is 12.7. The molecule has 3 aromatic carbocycles. The summed E-state index contributed by atoms with van der Waals surface area (Å²) in [6.45, 7) is 11.5. The Kier molecular flexibility index (Phi) is 13.2. The highest BCUT2D eigenvalue weighted by Gasteiger charge is 2.15. The van der Waals surface area contributed by atoms with E-state index in [1.54, 1.807) is 54.7 Å². The predicted octanol–water partition coefficient (Wildman–Crippen LogP) is 8.39. The summed E-state index contributed by atoms with van der Waals surface area (Å²) in [7, 11) is 0. The zero-order chi connectivity index (χ0) is 33.9. The van der Waals surface area contributed by atoms with Crippen molar-refractivity contribution in [3.05, 3.63) is 105 Å². The van der Waals surface area contributed by atoms with E-state index in [9.17, 15) is 19.2 Å². The van der Waals surface area contributed by atoms with Crippen LogP contribution in [0.4, 0.5) is 0 Å². The molecule has 1 unspecified atom stereocenters. The highest BCUT2D eigenvalue weighted by Crippen LogP contribution is 2.28. The zero-order valence-electron chi connectivity index (χ0n) is 25.9. The summed E-state index contributed by atoms with van der Waals surface area (Å²) in [5, 5.41) is 1.85. The molecule has 5 rings (SSSR count). The molecule has 0 aliphatic rings. The van der Waals surface area contributed by atoms with Gasteiger partial charge in [-0.2, -0.15) is 0 Å². The Bertz CT molecular complexity index is 2050. The molecule has 0 saturated heterocycles. The number of halogens is 1. The molecular formula is C36H33IO8S2. The smallest absolute Gasteiger partial charge is 0.353 e. The molecular weight excluding hydrogens is 751 g/mol. The molecule has 0 amide bonds. The molecule has 0 saturated carbocycles. The van der Waals surface area contributed by atoms with Gasteiger partial charge in [-0.1, -0.05) is 50.8 Å². The van der Waals surface area contributed by atoms with Gasteiger partial charge in [0.05, 0.1) is 0 Å². The van der Waals surface area contributed by atoms with E-state index in [0.29, 0.717) is 39.8 Å². The van der Waals surface area contributed by atoms with Crippen LogP contribution in [0.5, 0.6) is 11.5 Å². The second kappa shape index (κ2) is 17.3. The SMILES string of the molecule is C=Cc1sc2ccc(OCC(=O)OI)cc2c(=O)c1C=C.CCCCOC(C)C(=O)COc1ccc2sc3ccccc3c(=O)c2c1. The molecule has 244 valence electrons. The molecule has 47 heavy (non-hydrogen) atoms. The van der Waals surface area contributed by atoms with Gasteiger partial charge in [-0.3, -0.25) is 14.4 Å². The van der Waals surface area contributed by atoms with Crippen molar-refractivity contribution in [2.75, 3.05) is 19.8 Å². The number of unbranched alkanes of at least 4 members (excludes halogenated alkanes) is 1. The highest BCUT2D eigenvalue weighted by molar-refractivity contribution is 14.1. The van der Waals surface area contributed by atoms with E-state index in [-0.39, 0.29) is 29.9 Å². The summed E-state index contributed by atoms with van der Waals surface area (Å²) >= 11 is 4.52. The quantitative estimate of drug-likeness (QED) is 0.0667. The maximum absolute atomic E-state index is 12.7. The van der Waals surface area contributed by atoms with Crippen LogP contribution < -0.4 is 20.3 Å². The van der Waals surface area contributed by atoms with E-state index in [4.69, 9.17) is 14.2 Å². The van der Waals surface area contributed by atoms with Gasteiger partial charge in [0.2, 0.25) is 0 Å². The number of hydrogen-bond acceptors (Lipinski definition) is 10. The summed E-state index contributed by atoms with van der Waals surface area (Å²) in [6.07, 6.45) is 4.65. The molecule has 0 aliphatic heterocycles. The average Bonchev–Trinajstić information content (AvgIpc) is 3.10. The molecule has 0 bridgehead atoms. The predicted molar refractivity (Wildman–Crippen MR) is 200 cm³/mol. The van der Waals surface area contributed by atoms with Crippen LogP contribution in [0.3, 0.4) is 0 Å². The number of carbonyl (C=O) groups excluding carboxylic acids is 2. The fourth-order valence-electron chi connectivity index (χ4n) is 4.45. The number of ether oxygens (including phenoxy) is 3. The molecule has 0 N–H and O–H groups in total. The first-order valence-electron chi connectivity index (χ1n) is 14.7. The van der Waals surface area contributed by atoms with E-state index < -0.39 is 12.1 Å². The Labute approximate surface area is 293 Å². The van der Waals surface area contributed by atoms with E-state index in [1.807, 2.05) is 30.3 Å². The highest BCUT2D eigenvalue weighted by atomic mass is 127. The van der Waals surface area contributed by atoms with Crippen LogP contribution in [0.15, 0.2) is 83.4 Å². The molecule has 0 spiro atoms. The number of hydrogen-bond donors (Lipinski definition) is 0. The average molecular weight is 785 g/mol. The van der Waals surface area contributed by atoms with Gasteiger partial charge in [-0.15, -0.1) is 22.7 Å². The topological polar surface area (TPSA) is 105 Å². The Morgan fingerprint density at radius 3 is 2.09 bits per heavy atom. The van der Waals surface area contributed by atoms with Crippen LogP contribution in [0.25, 0.3) is 42.4 Å². The van der Waals surface area contributed by atoms with Gasteiger partial charge in [0.25, 0.3) is 0 Å². The number of carbonyl (C=O) groups is 2. The lowest BCUT2D eigenvalue weighted by Crippen LogP contribution is -2.26. The fourth-order valence-corrected chi connectivity index (χ4v) is 6.63. The van der Waals surface area contributed by atoms with Crippen LogP contribution in [0, 0.1) is 0 Å². The van der Waals surface area contributed by atoms with E-state index in [2.05, 4.69) is 23.1 Å². The van der Waals surface area contributed by atoms with E-state index in [1.165, 1.54) is 40.4 Å². The van der Waals surface area contributed by atoms with Crippen molar-refractivity contribution >= 4 is 99.8 Å². The van der Waals surface area contributed by atoms with Crippen molar-refractivity contribution < 1.29 is 26.9 Å². The van der Waals surface area contributed by atoms with Crippen molar-refractivity contribution in [2.45, 2.75) is 32.8 Å². The first-order valence-corrected chi connectivity index (χ1v) is 17.2. The van der Waals surface area contributed by atoms with E-state index >= 15 is 0 Å². The number of fused-ring (bicyclic) bond motifs is 3. The molecule has 11 heteroatoms. The molecule has 0 fully saturated rings. The molecule has 0 aliphatic carbocycles. The molecule has 8 nitrogen and oxygen atoms in total. The first kappa shape index (κ1) is 35.9. The number of rotatable bonds is 13. The van der Waals surface area contributed by atoms with Crippen LogP contribution >= 0.6 is 45.7 Å². The molecule has 2 heterocycles. The zero-order valence-corrected chi connectivity index (χ0v) is 29.7.